The first-order chi connectivity index (χ1) is 37.7. The Morgan fingerprint density at radius 3 is 1.12 bits per heavy atom. The van der Waals surface area contributed by atoms with Crippen molar-refractivity contribution >= 4 is 49.3 Å². The van der Waals surface area contributed by atoms with Gasteiger partial charge in [0.05, 0.1) is 51.4 Å². The fourth-order valence-electron chi connectivity index (χ4n) is 11.5. The van der Waals surface area contributed by atoms with E-state index in [9.17, 15) is 6.57 Å². The first kappa shape index (κ1) is 44.4. The largest absolute Gasteiger partial charge is 0.317 e. The Kier molecular flexibility index (Phi) is 10.9. The summed E-state index contributed by atoms with van der Waals surface area (Å²) < 4.78 is 4.74. The van der Waals surface area contributed by atoms with E-state index in [1.807, 2.05) is 12.1 Å². The highest BCUT2D eigenvalue weighted by atomic mass is 15.1. The molecule has 3 aromatic heterocycles. The lowest BCUT2D eigenvalue weighted by Crippen LogP contribution is -2.05. The van der Waals surface area contributed by atoms with Crippen LogP contribution in [0, 0.1) is 6.57 Å². The molecule has 76 heavy (non-hydrogen) atoms. The Balaban J connectivity index is 1.06. The van der Waals surface area contributed by atoms with E-state index in [1.165, 1.54) is 27.8 Å². The van der Waals surface area contributed by atoms with Gasteiger partial charge in [0, 0.05) is 32.7 Å². The van der Waals surface area contributed by atoms with Gasteiger partial charge in [-0.2, -0.15) is 0 Å². The lowest BCUT2D eigenvalue weighted by molar-refractivity contribution is 1.10. The van der Waals surface area contributed by atoms with E-state index >= 15 is 0 Å². The monoisotopic (exact) mass is 966 g/mol. The van der Waals surface area contributed by atoms with Gasteiger partial charge in [-0.15, -0.1) is 0 Å². The molecule has 0 aliphatic carbocycles. The van der Waals surface area contributed by atoms with E-state index in [2.05, 4.69) is 281 Å². The summed E-state index contributed by atoms with van der Waals surface area (Å²) in [6, 6.07) is 99.1. The first-order valence-corrected chi connectivity index (χ1v) is 25.7. The van der Waals surface area contributed by atoms with Crippen LogP contribution in [0.2, 0.25) is 0 Å². The minimum atomic E-state index is 0.535. The van der Waals surface area contributed by atoms with Crippen LogP contribution in [0.3, 0.4) is 0 Å². The third-order valence-electron chi connectivity index (χ3n) is 14.9. The van der Waals surface area contributed by atoms with Crippen molar-refractivity contribution in [3.63, 3.8) is 0 Å². The number of rotatable bonds is 9. The molecule has 0 atom stereocenters. The zero-order valence-corrected chi connectivity index (χ0v) is 41.3. The van der Waals surface area contributed by atoms with Crippen LogP contribution in [0.5, 0.6) is 0 Å². The number of nitrogens with zero attached hydrogens (tertiary/aromatic N) is 4. The number of hydrogen-bond donors (Lipinski definition) is 0. The molecule has 0 bridgehead atoms. The molecular formula is C72H46N4. The molecule has 4 nitrogen and oxygen atoms in total. The normalized spacial score (nSPS) is 11.4. The van der Waals surface area contributed by atoms with Crippen LogP contribution in [0.1, 0.15) is 0 Å². The van der Waals surface area contributed by atoms with Crippen molar-refractivity contribution in [2.45, 2.75) is 0 Å². The number of benzene rings is 11. The highest BCUT2D eigenvalue weighted by Crippen LogP contribution is 2.47. The maximum Gasteiger partial charge on any atom is 0.213 e. The van der Waals surface area contributed by atoms with E-state index in [4.69, 9.17) is 4.98 Å². The average Bonchev–Trinajstić information content (AvgIpc) is 4.06. The van der Waals surface area contributed by atoms with Crippen LogP contribution in [-0.4, -0.2) is 14.1 Å². The van der Waals surface area contributed by atoms with Crippen LogP contribution >= 0.6 is 0 Å². The van der Waals surface area contributed by atoms with E-state index < -0.39 is 0 Å². The molecule has 3 heterocycles. The fourth-order valence-corrected chi connectivity index (χ4v) is 11.5. The van der Waals surface area contributed by atoms with Gasteiger partial charge in [-0.3, -0.25) is 0 Å². The molecule has 0 aliphatic rings. The minimum absolute atomic E-state index is 0.535. The molecule has 0 N–H and O–H groups in total. The molecule has 0 aliphatic heterocycles. The summed E-state index contributed by atoms with van der Waals surface area (Å²) in [5.74, 6) is 0. The maximum atomic E-state index is 9.22. The number of pyridine rings is 1. The second kappa shape index (κ2) is 18.6. The van der Waals surface area contributed by atoms with Gasteiger partial charge in [0.15, 0.2) is 0 Å². The summed E-state index contributed by atoms with van der Waals surface area (Å²) >= 11 is 0. The topological polar surface area (TPSA) is 27.1 Å². The van der Waals surface area contributed by atoms with Crippen molar-refractivity contribution in [2.24, 2.45) is 0 Å². The van der Waals surface area contributed by atoms with Crippen LogP contribution in [0.15, 0.2) is 279 Å². The summed E-state index contributed by atoms with van der Waals surface area (Å²) in [5.41, 5.74) is 21.3. The second-order valence-corrected chi connectivity index (χ2v) is 19.3. The fraction of sp³-hybridized carbons (Fsp3) is 0. The van der Waals surface area contributed by atoms with Crippen molar-refractivity contribution in [1.29, 1.82) is 0 Å². The predicted molar refractivity (Wildman–Crippen MR) is 317 cm³/mol. The SMILES string of the molecule is [C-]#[N+]c1cc(-c2cc(-c3ccccc3)nc(-c3ccccc3)c2)cc(-n2c3ccccc3c3cc(-c4ccccc4-c4ccccc4)ccc32)c1-n1c2ccccc2c2cc(-c3ccccc3-c3ccccc3)ccc21. The Morgan fingerprint density at radius 2 is 0.645 bits per heavy atom. The van der Waals surface area contributed by atoms with E-state index in [0.717, 1.165) is 105 Å². The highest BCUT2D eigenvalue weighted by molar-refractivity contribution is 6.14. The highest BCUT2D eigenvalue weighted by Gasteiger charge is 2.25. The second-order valence-electron chi connectivity index (χ2n) is 19.3. The van der Waals surface area contributed by atoms with Gasteiger partial charge < -0.3 is 9.13 Å². The molecule has 0 saturated heterocycles. The third-order valence-corrected chi connectivity index (χ3v) is 14.9. The molecular weight excluding hydrogens is 921 g/mol. The number of para-hydroxylation sites is 2. The van der Waals surface area contributed by atoms with Gasteiger partial charge in [0.2, 0.25) is 5.69 Å². The van der Waals surface area contributed by atoms with Crippen molar-refractivity contribution in [3.05, 3.63) is 290 Å². The molecule has 0 amide bonds. The molecule has 14 rings (SSSR count). The zero-order valence-electron chi connectivity index (χ0n) is 41.3. The number of fused-ring (bicyclic) bond motifs is 6. The molecule has 14 aromatic rings. The van der Waals surface area contributed by atoms with Crippen LogP contribution < -0.4 is 0 Å². The number of aromatic nitrogens is 3. The Hall–Kier alpha value is -10.3. The van der Waals surface area contributed by atoms with Crippen LogP contribution in [-0.2, 0) is 0 Å². The van der Waals surface area contributed by atoms with Crippen molar-refractivity contribution < 1.29 is 0 Å². The van der Waals surface area contributed by atoms with Crippen molar-refractivity contribution in [2.75, 3.05) is 0 Å². The van der Waals surface area contributed by atoms with E-state index in [1.54, 1.807) is 0 Å². The molecule has 0 fully saturated rings. The summed E-state index contributed by atoms with van der Waals surface area (Å²) in [7, 11) is 0. The molecule has 11 aromatic carbocycles. The molecule has 0 unspecified atom stereocenters. The molecule has 0 spiro atoms. The van der Waals surface area contributed by atoms with Gasteiger partial charge in [-0.05, 0) is 116 Å². The van der Waals surface area contributed by atoms with Gasteiger partial charge in [0.1, 0.15) is 0 Å². The Morgan fingerprint density at radius 1 is 0.276 bits per heavy atom. The van der Waals surface area contributed by atoms with Gasteiger partial charge >= 0.3 is 0 Å². The van der Waals surface area contributed by atoms with Gasteiger partial charge in [-0.1, -0.05) is 218 Å². The maximum absolute atomic E-state index is 9.22. The average molecular weight is 967 g/mol. The molecule has 4 heteroatoms. The Labute approximate surface area is 441 Å². The van der Waals surface area contributed by atoms with Gasteiger partial charge in [0.25, 0.3) is 0 Å². The standard InChI is InChI=1S/C72H46N4/c1-73-66-46-55(54-44-64(50-26-10-4-11-27-50)74-65(45-54)51-28-12-5-13-29-51)47-71(75-67-36-20-18-34-60(67)62-42-52(38-40-69(62)75)58-32-16-14-30-56(58)48-22-6-2-7-23-48)72(66)76-68-37-21-19-35-61(68)63-43-53(39-41-70(63)76)59-33-17-15-31-57(59)49-24-8-3-9-25-49/h2-47H. The first-order valence-electron chi connectivity index (χ1n) is 25.7. The lowest BCUT2D eigenvalue weighted by Gasteiger charge is -2.21. The molecule has 354 valence electrons. The molecule has 0 radical (unpaired) electrons. The van der Waals surface area contributed by atoms with Crippen LogP contribution in [0.25, 0.3) is 138 Å². The summed E-state index contributed by atoms with van der Waals surface area (Å²) in [4.78, 5) is 9.78. The minimum Gasteiger partial charge on any atom is -0.317 e. The van der Waals surface area contributed by atoms with E-state index in [0.29, 0.717) is 5.69 Å². The van der Waals surface area contributed by atoms with Crippen LogP contribution in [0.4, 0.5) is 5.69 Å². The summed E-state index contributed by atoms with van der Waals surface area (Å²) in [5, 5.41) is 4.48. The van der Waals surface area contributed by atoms with Crippen molar-refractivity contribution in [3.8, 4) is 89.5 Å². The summed E-state index contributed by atoms with van der Waals surface area (Å²) in [6.07, 6.45) is 0. The quantitative estimate of drug-likeness (QED) is 0.132. The van der Waals surface area contributed by atoms with Gasteiger partial charge in [-0.25, -0.2) is 9.83 Å². The Bertz CT molecular complexity index is 4510. The predicted octanol–water partition coefficient (Wildman–Crippen LogP) is 19.5. The lowest BCUT2D eigenvalue weighted by atomic mass is 9.94. The van der Waals surface area contributed by atoms with E-state index in [-0.39, 0.29) is 0 Å². The summed E-state index contributed by atoms with van der Waals surface area (Å²) in [6.45, 7) is 9.22. The zero-order chi connectivity index (χ0) is 50.5. The smallest absolute Gasteiger partial charge is 0.213 e. The third kappa shape index (κ3) is 7.57. The molecule has 0 saturated carbocycles. The van der Waals surface area contributed by atoms with Crippen molar-refractivity contribution in [1.82, 2.24) is 14.1 Å². The number of hydrogen-bond acceptors (Lipinski definition) is 1.